The third-order valence-corrected chi connectivity index (χ3v) is 2.89. The van der Waals surface area contributed by atoms with Crippen LogP contribution < -0.4 is 10.5 Å². The zero-order chi connectivity index (χ0) is 13.8. The molecule has 4 heteroatoms. The second-order valence-corrected chi connectivity index (χ2v) is 4.91. The van der Waals surface area contributed by atoms with E-state index >= 15 is 0 Å². The minimum absolute atomic E-state index is 0.164. The van der Waals surface area contributed by atoms with Crippen molar-refractivity contribution in [2.24, 2.45) is 0 Å². The Bertz CT molecular complexity index is 546. The van der Waals surface area contributed by atoms with Crippen LogP contribution in [0.1, 0.15) is 32.8 Å². The highest BCUT2D eigenvalue weighted by atomic mass is 16.5. The Balaban J connectivity index is 2.36. The molecular weight excluding hydrogens is 238 g/mol. The van der Waals surface area contributed by atoms with Crippen molar-refractivity contribution in [1.29, 1.82) is 0 Å². The van der Waals surface area contributed by atoms with Gasteiger partial charge in [0.05, 0.1) is 11.8 Å². The van der Waals surface area contributed by atoms with E-state index in [1.165, 1.54) is 0 Å². The SMILES string of the molecule is CCCc1c(N)n[nH]c1-c1cccc(OC(C)C)c1. The van der Waals surface area contributed by atoms with Gasteiger partial charge in [0, 0.05) is 11.1 Å². The second-order valence-electron chi connectivity index (χ2n) is 4.91. The fourth-order valence-electron chi connectivity index (χ4n) is 2.12. The lowest BCUT2D eigenvalue weighted by Crippen LogP contribution is -2.05. The summed E-state index contributed by atoms with van der Waals surface area (Å²) in [5.41, 5.74) is 9.05. The highest BCUT2D eigenvalue weighted by Crippen LogP contribution is 2.29. The summed E-state index contributed by atoms with van der Waals surface area (Å²) in [6.07, 6.45) is 2.13. The Morgan fingerprint density at radius 3 is 2.84 bits per heavy atom. The molecule has 0 atom stereocenters. The van der Waals surface area contributed by atoms with Crippen LogP contribution in [0, 0.1) is 0 Å². The average molecular weight is 259 g/mol. The summed E-state index contributed by atoms with van der Waals surface area (Å²) in [4.78, 5) is 0. The number of hydrogen-bond donors (Lipinski definition) is 2. The van der Waals surface area contributed by atoms with Crippen LogP contribution in [0.3, 0.4) is 0 Å². The van der Waals surface area contributed by atoms with Crippen LogP contribution in [0.25, 0.3) is 11.3 Å². The number of nitrogens with two attached hydrogens (primary N) is 1. The van der Waals surface area contributed by atoms with Crippen molar-refractivity contribution < 1.29 is 4.74 Å². The molecule has 0 saturated carbocycles. The van der Waals surface area contributed by atoms with Crippen molar-refractivity contribution in [2.45, 2.75) is 39.7 Å². The summed E-state index contributed by atoms with van der Waals surface area (Å²) in [6, 6.07) is 8.01. The summed E-state index contributed by atoms with van der Waals surface area (Å²) in [7, 11) is 0. The van der Waals surface area contributed by atoms with Crippen LogP contribution in [-0.4, -0.2) is 16.3 Å². The summed E-state index contributed by atoms with van der Waals surface area (Å²) in [5, 5.41) is 7.14. The van der Waals surface area contributed by atoms with Crippen LogP contribution >= 0.6 is 0 Å². The minimum atomic E-state index is 0.164. The van der Waals surface area contributed by atoms with Gasteiger partial charge in [0.2, 0.25) is 0 Å². The Labute approximate surface area is 114 Å². The topological polar surface area (TPSA) is 63.9 Å². The van der Waals surface area contributed by atoms with E-state index < -0.39 is 0 Å². The van der Waals surface area contributed by atoms with E-state index in [0.29, 0.717) is 5.82 Å². The van der Waals surface area contributed by atoms with Gasteiger partial charge in [-0.25, -0.2) is 0 Å². The summed E-state index contributed by atoms with van der Waals surface area (Å²) in [6.45, 7) is 6.17. The number of anilines is 1. The summed E-state index contributed by atoms with van der Waals surface area (Å²) >= 11 is 0. The maximum absolute atomic E-state index is 5.91. The van der Waals surface area contributed by atoms with Crippen LogP contribution in [0.4, 0.5) is 5.82 Å². The fraction of sp³-hybridized carbons (Fsp3) is 0.400. The number of rotatable bonds is 5. The molecule has 102 valence electrons. The molecule has 0 aliphatic carbocycles. The van der Waals surface area contributed by atoms with Gasteiger partial charge in [-0.15, -0.1) is 0 Å². The Hall–Kier alpha value is -1.97. The van der Waals surface area contributed by atoms with Crippen LogP contribution in [-0.2, 0) is 6.42 Å². The predicted molar refractivity (Wildman–Crippen MR) is 78.2 cm³/mol. The molecule has 1 heterocycles. The van der Waals surface area contributed by atoms with Gasteiger partial charge >= 0.3 is 0 Å². The number of nitrogens with one attached hydrogen (secondary N) is 1. The molecule has 1 aromatic heterocycles. The van der Waals surface area contributed by atoms with E-state index in [0.717, 1.165) is 35.4 Å². The van der Waals surface area contributed by atoms with Gasteiger partial charge in [0.25, 0.3) is 0 Å². The van der Waals surface area contributed by atoms with Crippen molar-refractivity contribution in [3.8, 4) is 17.0 Å². The van der Waals surface area contributed by atoms with Crippen molar-refractivity contribution in [2.75, 3.05) is 5.73 Å². The number of aromatic amines is 1. The van der Waals surface area contributed by atoms with E-state index in [1.807, 2.05) is 38.1 Å². The van der Waals surface area contributed by atoms with Crippen LogP contribution in [0.15, 0.2) is 24.3 Å². The molecule has 4 nitrogen and oxygen atoms in total. The average Bonchev–Trinajstić information content (AvgIpc) is 2.71. The fourth-order valence-corrected chi connectivity index (χ4v) is 2.12. The first kappa shape index (κ1) is 13.5. The lowest BCUT2D eigenvalue weighted by molar-refractivity contribution is 0.242. The number of ether oxygens (including phenoxy) is 1. The molecule has 2 aromatic rings. The predicted octanol–water partition coefficient (Wildman–Crippen LogP) is 3.40. The van der Waals surface area contributed by atoms with Gasteiger partial charge in [-0.3, -0.25) is 5.10 Å². The second kappa shape index (κ2) is 5.78. The van der Waals surface area contributed by atoms with Crippen molar-refractivity contribution in [3.05, 3.63) is 29.8 Å². The molecule has 0 aliphatic heterocycles. The molecule has 0 amide bonds. The van der Waals surface area contributed by atoms with Gasteiger partial charge in [-0.2, -0.15) is 5.10 Å². The smallest absolute Gasteiger partial charge is 0.149 e. The van der Waals surface area contributed by atoms with Crippen LogP contribution in [0.5, 0.6) is 5.75 Å². The van der Waals surface area contributed by atoms with Gasteiger partial charge in [0.15, 0.2) is 0 Å². The quantitative estimate of drug-likeness (QED) is 0.865. The summed E-state index contributed by atoms with van der Waals surface area (Å²) in [5.74, 6) is 1.45. The van der Waals surface area contributed by atoms with Gasteiger partial charge in [0.1, 0.15) is 11.6 Å². The number of hydrogen-bond acceptors (Lipinski definition) is 3. The molecule has 0 radical (unpaired) electrons. The van der Waals surface area contributed by atoms with E-state index in [2.05, 4.69) is 17.1 Å². The highest BCUT2D eigenvalue weighted by molar-refractivity contribution is 5.69. The Morgan fingerprint density at radius 2 is 2.16 bits per heavy atom. The number of nitrogen functional groups attached to an aromatic ring is 1. The third kappa shape index (κ3) is 3.08. The molecule has 1 aromatic carbocycles. The lowest BCUT2D eigenvalue weighted by Gasteiger charge is -2.11. The first-order valence-corrected chi connectivity index (χ1v) is 6.71. The molecule has 3 N–H and O–H groups in total. The Morgan fingerprint density at radius 1 is 1.37 bits per heavy atom. The Kier molecular flexibility index (Phi) is 4.10. The highest BCUT2D eigenvalue weighted by Gasteiger charge is 2.12. The van der Waals surface area contributed by atoms with Gasteiger partial charge in [-0.05, 0) is 32.4 Å². The monoisotopic (exact) mass is 259 g/mol. The minimum Gasteiger partial charge on any atom is -0.491 e. The van der Waals surface area contributed by atoms with Crippen molar-refractivity contribution in [1.82, 2.24) is 10.2 Å². The van der Waals surface area contributed by atoms with Gasteiger partial charge in [-0.1, -0.05) is 25.5 Å². The molecule has 0 saturated heterocycles. The normalized spacial score (nSPS) is 10.9. The zero-order valence-corrected chi connectivity index (χ0v) is 11.7. The molecule has 2 rings (SSSR count). The van der Waals surface area contributed by atoms with Crippen LogP contribution in [0.2, 0.25) is 0 Å². The molecule has 19 heavy (non-hydrogen) atoms. The summed E-state index contributed by atoms with van der Waals surface area (Å²) < 4.78 is 5.72. The number of H-pyrrole nitrogens is 1. The zero-order valence-electron chi connectivity index (χ0n) is 11.7. The first-order chi connectivity index (χ1) is 9.11. The largest absolute Gasteiger partial charge is 0.491 e. The lowest BCUT2D eigenvalue weighted by atomic mass is 10.0. The maximum atomic E-state index is 5.91. The van der Waals surface area contributed by atoms with E-state index in [9.17, 15) is 0 Å². The first-order valence-electron chi connectivity index (χ1n) is 6.71. The van der Waals surface area contributed by atoms with E-state index in [4.69, 9.17) is 10.5 Å². The standard InChI is InChI=1S/C15H21N3O/c1-4-6-13-14(17-18-15(13)16)11-7-5-8-12(9-11)19-10(2)3/h5,7-10H,4,6H2,1-3H3,(H3,16,17,18). The third-order valence-electron chi connectivity index (χ3n) is 2.89. The van der Waals surface area contributed by atoms with Crippen molar-refractivity contribution in [3.63, 3.8) is 0 Å². The number of benzene rings is 1. The molecule has 0 unspecified atom stereocenters. The van der Waals surface area contributed by atoms with Gasteiger partial charge < -0.3 is 10.5 Å². The molecule has 0 aliphatic rings. The number of aromatic nitrogens is 2. The molecular formula is C15H21N3O. The molecule has 0 bridgehead atoms. The molecule has 0 spiro atoms. The van der Waals surface area contributed by atoms with Crippen molar-refractivity contribution >= 4 is 5.82 Å². The molecule has 0 fully saturated rings. The van der Waals surface area contributed by atoms with E-state index in [-0.39, 0.29) is 6.10 Å². The maximum Gasteiger partial charge on any atom is 0.149 e. The van der Waals surface area contributed by atoms with E-state index in [1.54, 1.807) is 0 Å². The number of nitrogens with zero attached hydrogens (tertiary/aromatic N) is 1.